The molecule has 0 aromatic heterocycles. The predicted molar refractivity (Wildman–Crippen MR) is 93.9 cm³/mol. The number of hydroxylamine groups is 2. The van der Waals surface area contributed by atoms with E-state index in [4.69, 9.17) is 9.57 Å². The number of nitrogens with zero attached hydrogens (tertiary/aromatic N) is 3. The van der Waals surface area contributed by atoms with Crippen LogP contribution in [0.25, 0.3) is 0 Å². The van der Waals surface area contributed by atoms with Gasteiger partial charge in [-0.1, -0.05) is 30.3 Å². The highest BCUT2D eigenvalue weighted by molar-refractivity contribution is 5.89. The van der Waals surface area contributed by atoms with E-state index in [2.05, 4.69) is 0 Å². The lowest BCUT2D eigenvalue weighted by atomic mass is 9.78. The molecule has 8 nitrogen and oxygen atoms in total. The molecule has 1 atom stereocenters. The van der Waals surface area contributed by atoms with E-state index in [1.165, 1.54) is 9.96 Å². The zero-order valence-corrected chi connectivity index (χ0v) is 15.3. The van der Waals surface area contributed by atoms with Gasteiger partial charge in [0.15, 0.2) is 11.8 Å². The van der Waals surface area contributed by atoms with Crippen LogP contribution in [-0.4, -0.2) is 64.7 Å². The number of carbonyl (C=O) groups is 3. The number of amides is 3. The number of ether oxygens (including phenoxy) is 1. The normalized spacial score (nSPS) is 24.3. The lowest BCUT2D eigenvalue weighted by molar-refractivity contribution is -0.305. The first kappa shape index (κ1) is 17.8. The van der Waals surface area contributed by atoms with Crippen molar-refractivity contribution in [2.24, 2.45) is 0 Å². The van der Waals surface area contributed by atoms with Crippen LogP contribution < -0.4 is 0 Å². The summed E-state index contributed by atoms with van der Waals surface area (Å²) in [7, 11) is 1.66. The number of hydrogen-bond donors (Lipinski definition) is 0. The van der Waals surface area contributed by atoms with Crippen molar-refractivity contribution in [3.05, 3.63) is 35.9 Å². The topological polar surface area (TPSA) is 79.4 Å². The van der Waals surface area contributed by atoms with E-state index in [1.54, 1.807) is 11.9 Å². The van der Waals surface area contributed by atoms with Gasteiger partial charge in [0.1, 0.15) is 6.61 Å². The lowest BCUT2D eigenvalue weighted by Crippen LogP contribution is -2.70. The summed E-state index contributed by atoms with van der Waals surface area (Å²) in [5.74, 6) is -0.188. The average molecular weight is 373 g/mol. The smallest absolute Gasteiger partial charge is 0.436 e. The molecule has 3 aliphatic rings. The SMILES string of the molecule is CN1CC2N(CCC1=O)C(=O)C1(CCC1)ON2C(=O)OCc1ccccc1. The number of hydrogen-bond acceptors (Lipinski definition) is 5. The fourth-order valence-corrected chi connectivity index (χ4v) is 3.73. The molecule has 2 heterocycles. The zero-order valence-electron chi connectivity index (χ0n) is 15.3. The molecule has 3 fully saturated rings. The minimum Gasteiger partial charge on any atom is -0.443 e. The van der Waals surface area contributed by atoms with Crippen LogP contribution in [0.15, 0.2) is 30.3 Å². The van der Waals surface area contributed by atoms with Crippen LogP contribution in [-0.2, 0) is 25.8 Å². The molecule has 1 spiro atoms. The van der Waals surface area contributed by atoms with Crippen molar-refractivity contribution >= 4 is 17.9 Å². The molecule has 0 bridgehead atoms. The highest BCUT2D eigenvalue weighted by Crippen LogP contribution is 2.42. The standard InChI is InChI=1S/C19H23N3O5/c1-20-12-15-21(11-8-16(20)23)17(24)19(9-5-10-19)27-22(15)18(25)26-13-14-6-3-2-4-7-14/h2-4,6-7,15H,5,8-13H2,1H3. The second-order valence-electron chi connectivity index (χ2n) is 7.31. The maximum absolute atomic E-state index is 13.0. The first-order valence-corrected chi connectivity index (χ1v) is 9.24. The Labute approximate surface area is 157 Å². The number of benzene rings is 1. The molecule has 1 unspecified atom stereocenters. The maximum atomic E-state index is 13.0. The van der Waals surface area contributed by atoms with E-state index in [1.807, 2.05) is 30.3 Å². The monoisotopic (exact) mass is 373 g/mol. The quantitative estimate of drug-likeness (QED) is 0.785. The molecule has 1 aliphatic carbocycles. The lowest BCUT2D eigenvalue weighted by Gasteiger charge is -2.52. The maximum Gasteiger partial charge on any atom is 0.436 e. The van der Waals surface area contributed by atoms with Gasteiger partial charge in [0.2, 0.25) is 5.91 Å². The molecular weight excluding hydrogens is 350 g/mol. The molecule has 144 valence electrons. The fraction of sp³-hybridized carbons (Fsp3) is 0.526. The molecule has 27 heavy (non-hydrogen) atoms. The molecule has 8 heteroatoms. The Morgan fingerprint density at radius 3 is 2.67 bits per heavy atom. The summed E-state index contributed by atoms with van der Waals surface area (Å²) in [5, 5.41) is 1.17. The van der Waals surface area contributed by atoms with Crippen molar-refractivity contribution in [2.75, 3.05) is 20.1 Å². The van der Waals surface area contributed by atoms with Crippen molar-refractivity contribution in [2.45, 2.75) is 44.1 Å². The molecule has 1 aromatic rings. The third-order valence-electron chi connectivity index (χ3n) is 5.53. The Balaban J connectivity index is 1.55. The third-order valence-corrected chi connectivity index (χ3v) is 5.53. The van der Waals surface area contributed by atoms with Gasteiger partial charge in [0, 0.05) is 20.0 Å². The molecule has 0 radical (unpaired) electrons. The van der Waals surface area contributed by atoms with E-state index in [-0.39, 0.29) is 37.9 Å². The molecule has 4 rings (SSSR count). The predicted octanol–water partition coefficient (Wildman–Crippen LogP) is 1.51. The van der Waals surface area contributed by atoms with E-state index in [0.717, 1.165) is 12.0 Å². The van der Waals surface area contributed by atoms with Crippen LogP contribution in [0.5, 0.6) is 0 Å². The molecule has 1 saturated carbocycles. The van der Waals surface area contributed by atoms with Gasteiger partial charge < -0.3 is 14.5 Å². The summed E-state index contributed by atoms with van der Waals surface area (Å²) in [6.07, 6.45) is 0.930. The van der Waals surface area contributed by atoms with Gasteiger partial charge in [0.25, 0.3) is 5.91 Å². The summed E-state index contributed by atoms with van der Waals surface area (Å²) in [4.78, 5) is 46.9. The Kier molecular flexibility index (Phi) is 4.51. The van der Waals surface area contributed by atoms with Crippen LogP contribution in [0.3, 0.4) is 0 Å². The summed E-state index contributed by atoms with van der Waals surface area (Å²) in [6.45, 7) is 0.587. The number of likely N-dealkylation sites (N-methyl/N-ethyl adjacent to an activating group) is 1. The van der Waals surface area contributed by atoms with Crippen molar-refractivity contribution < 1.29 is 24.0 Å². The van der Waals surface area contributed by atoms with Crippen molar-refractivity contribution in [1.29, 1.82) is 0 Å². The van der Waals surface area contributed by atoms with Gasteiger partial charge in [-0.3, -0.25) is 9.59 Å². The van der Waals surface area contributed by atoms with Gasteiger partial charge in [0.05, 0.1) is 6.54 Å². The largest absolute Gasteiger partial charge is 0.443 e. The minimum atomic E-state index is -0.992. The van der Waals surface area contributed by atoms with E-state index < -0.39 is 17.9 Å². The molecule has 1 aromatic carbocycles. The van der Waals surface area contributed by atoms with E-state index in [9.17, 15) is 14.4 Å². The number of fused-ring (bicyclic) bond motifs is 1. The van der Waals surface area contributed by atoms with Crippen LogP contribution in [0.4, 0.5) is 4.79 Å². The summed E-state index contributed by atoms with van der Waals surface area (Å²) < 4.78 is 5.44. The summed E-state index contributed by atoms with van der Waals surface area (Å²) in [5.41, 5.74) is -0.129. The molecule has 3 amide bonds. The minimum absolute atomic E-state index is 0.0579. The second-order valence-corrected chi connectivity index (χ2v) is 7.31. The van der Waals surface area contributed by atoms with Crippen molar-refractivity contribution in [3.63, 3.8) is 0 Å². The second kappa shape index (κ2) is 6.84. The summed E-state index contributed by atoms with van der Waals surface area (Å²) in [6, 6.07) is 9.37. The molecule has 2 saturated heterocycles. The molecule has 0 N–H and O–H groups in total. The van der Waals surface area contributed by atoms with Crippen LogP contribution >= 0.6 is 0 Å². The highest BCUT2D eigenvalue weighted by Gasteiger charge is 2.58. The molecular formula is C19H23N3O5. The highest BCUT2D eigenvalue weighted by atomic mass is 16.8. The molecule has 2 aliphatic heterocycles. The average Bonchev–Trinajstić information content (AvgIpc) is 2.79. The van der Waals surface area contributed by atoms with Gasteiger partial charge in [-0.2, -0.15) is 5.06 Å². The Morgan fingerprint density at radius 1 is 1.26 bits per heavy atom. The fourth-order valence-electron chi connectivity index (χ4n) is 3.73. The number of carbonyl (C=O) groups excluding carboxylic acids is 3. The third kappa shape index (κ3) is 3.14. The van der Waals surface area contributed by atoms with Gasteiger partial charge in [-0.25, -0.2) is 9.63 Å². The van der Waals surface area contributed by atoms with Gasteiger partial charge in [-0.15, -0.1) is 0 Å². The van der Waals surface area contributed by atoms with E-state index >= 15 is 0 Å². The Bertz CT molecular complexity index is 749. The van der Waals surface area contributed by atoms with Crippen LogP contribution in [0.1, 0.15) is 31.2 Å². The van der Waals surface area contributed by atoms with Crippen molar-refractivity contribution in [1.82, 2.24) is 14.9 Å². The Hall–Kier alpha value is -2.61. The van der Waals surface area contributed by atoms with Crippen LogP contribution in [0.2, 0.25) is 0 Å². The number of rotatable bonds is 2. The van der Waals surface area contributed by atoms with Gasteiger partial charge >= 0.3 is 6.09 Å². The van der Waals surface area contributed by atoms with Gasteiger partial charge in [-0.05, 0) is 24.8 Å². The van der Waals surface area contributed by atoms with E-state index in [0.29, 0.717) is 12.8 Å². The van der Waals surface area contributed by atoms with Crippen LogP contribution in [0, 0.1) is 0 Å². The first-order valence-electron chi connectivity index (χ1n) is 9.24. The Morgan fingerprint density at radius 2 is 2.00 bits per heavy atom. The first-order chi connectivity index (χ1) is 13.0. The summed E-state index contributed by atoms with van der Waals surface area (Å²) >= 11 is 0. The zero-order chi connectivity index (χ0) is 19.0. The van der Waals surface area contributed by atoms with Crippen molar-refractivity contribution in [3.8, 4) is 0 Å².